The number of fused-ring (bicyclic) bond motifs is 1. The van der Waals surface area contributed by atoms with Gasteiger partial charge in [0.2, 0.25) is 0 Å². The Morgan fingerprint density at radius 2 is 1.95 bits per heavy atom. The van der Waals surface area contributed by atoms with Gasteiger partial charge < -0.3 is 9.15 Å². The van der Waals surface area contributed by atoms with Crippen molar-refractivity contribution in [2.75, 3.05) is 6.61 Å². The summed E-state index contributed by atoms with van der Waals surface area (Å²) < 4.78 is 10.8. The van der Waals surface area contributed by atoms with Crippen LogP contribution in [0.15, 0.2) is 44.3 Å². The predicted octanol–water partition coefficient (Wildman–Crippen LogP) is 1.16. The number of nitrogens with one attached hydrogen (secondary N) is 1. The smallest absolute Gasteiger partial charge is 0.413 e. The summed E-state index contributed by atoms with van der Waals surface area (Å²) in [7, 11) is 0. The number of rotatable bonds is 1. The average molecular weight is 259 g/mol. The molecule has 5 heteroatoms. The fourth-order valence-electron chi connectivity index (χ4n) is 2.47. The number of H-pyrrole nitrogens is 1. The van der Waals surface area contributed by atoms with Crippen LogP contribution < -0.4 is 11.3 Å². The molecule has 3 rings (SSSR count). The topological polar surface area (TPSA) is 72.3 Å². The van der Waals surface area contributed by atoms with Gasteiger partial charge in [0.05, 0.1) is 24.2 Å². The third-order valence-electron chi connectivity index (χ3n) is 3.51. The highest BCUT2D eigenvalue weighted by molar-refractivity contribution is 5.37. The molecule has 0 saturated heterocycles. The second-order valence-corrected chi connectivity index (χ2v) is 4.84. The minimum absolute atomic E-state index is 0.164. The molecule has 2 aromatic rings. The Morgan fingerprint density at radius 1 is 1.21 bits per heavy atom. The van der Waals surface area contributed by atoms with Gasteiger partial charge >= 0.3 is 5.76 Å². The number of benzene rings is 1. The molecule has 0 bridgehead atoms. The molecule has 0 radical (unpaired) electrons. The van der Waals surface area contributed by atoms with Gasteiger partial charge in [-0.2, -0.15) is 0 Å². The first-order valence-corrected chi connectivity index (χ1v) is 6.01. The van der Waals surface area contributed by atoms with Crippen molar-refractivity contribution < 1.29 is 9.15 Å². The summed E-state index contributed by atoms with van der Waals surface area (Å²) >= 11 is 0. The van der Waals surface area contributed by atoms with Crippen LogP contribution in [-0.4, -0.2) is 11.6 Å². The molecule has 1 unspecified atom stereocenters. The highest BCUT2D eigenvalue weighted by Crippen LogP contribution is 2.36. The maximum absolute atomic E-state index is 11.8. The summed E-state index contributed by atoms with van der Waals surface area (Å²) in [4.78, 5) is 25.4. The molecule has 0 amide bonds. The number of hydrogen-bond acceptors (Lipinski definition) is 4. The summed E-state index contributed by atoms with van der Waals surface area (Å²) in [6, 6.07) is 9.57. The summed E-state index contributed by atoms with van der Waals surface area (Å²) in [6.07, 6.45) is 0. The van der Waals surface area contributed by atoms with Crippen molar-refractivity contribution in [3.8, 4) is 0 Å². The second-order valence-electron chi connectivity index (χ2n) is 4.84. The fraction of sp³-hybridized carbons (Fsp3) is 0.286. The monoisotopic (exact) mass is 259 g/mol. The minimum atomic E-state index is -0.729. The van der Waals surface area contributed by atoms with Gasteiger partial charge in [-0.15, -0.1) is 0 Å². The molecule has 5 nitrogen and oxygen atoms in total. The molecule has 98 valence electrons. The molecule has 1 aliphatic rings. The molecule has 1 N–H and O–H groups in total. The Balaban J connectivity index is 2.28. The zero-order valence-electron chi connectivity index (χ0n) is 10.4. The van der Waals surface area contributed by atoms with Crippen LogP contribution in [0.5, 0.6) is 0 Å². The van der Waals surface area contributed by atoms with E-state index in [0.29, 0.717) is 17.9 Å². The first kappa shape index (κ1) is 11.9. The third-order valence-corrected chi connectivity index (χ3v) is 3.51. The van der Waals surface area contributed by atoms with Gasteiger partial charge in [-0.1, -0.05) is 30.3 Å². The summed E-state index contributed by atoms with van der Waals surface area (Å²) in [5, 5.41) is 0. The molecular formula is C14H13NO4. The maximum atomic E-state index is 11.8. The highest BCUT2D eigenvalue weighted by Gasteiger charge is 2.39. The van der Waals surface area contributed by atoms with E-state index in [1.165, 1.54) is 0 Å². The molecular weight excluding hydrogens is 246 g/mol. The van der Waals surface area contributed by atoms with E-state index >= 15 is 0 Å². The first-order valence-electron chi connectivity index (χ1n) is 6.01. The van der Waals surface area contributed by atoms with Crippen LogP contribution in [0.1, 0.15) is 23.8 Å². The van der Waals surface area contributed by atoms with Gasteiger partial charge in [-0.25, -0.2) is 4.79 Å². The predicted molar refractivity (Wildman–Crippen MR) is 68.2 cm³/mol. The van der Waals surface area contributed by atoms with Crippen molar-refractivity contribution in [3.05, 3.63) is 68.1 Å². The number of hydrogen-bond donors (Lipinski definition) is 1. The number of aromatic nitrogens is 1. The Labute approximate surface area is 108 Å². The lowest BCUT2D eigenvalue weighted by molar-refractivity contribution is 0.0543. The molecule has 1 atom stereocenters. The van der Waals surface area contributed by atoms with Crippen molar-refractivity contribution >= 4 is 0 Å². The fourth-order valence-corrected chi connectivity index (χ4v) is 2.47. The second kappa shape index (κ2) is 4.20. The molecule has 0 aliphatic carbocycles. The van der Waals surface area contributed by atoms with Crippen LogP contribution in [0.3, 0.4) is 0 Å². The summed E-state index contributed by atoms with van der Waals surface area (Å²) in [6.45, 7) is 2.44. The van der Waals surface area contributed by atoms with Crippen LogP contribution in [0.4, 0.5) is 0 Å². The van der Waals surface area contributed by atoms with Gasteiger partial charge in [-0.3, -0.25) is 9.78 Å². The highest BCUT2D eigenvalue weighted by atomic mass is 16.5. The average Bonchev–Trinajstić information content (AvgIpc) is 2.41. The normalized spacial score (nSPS) is 21.9. The van der Waals surface area contributed by atoms with E-state index in [9.17, 15) is 9.59 Å². The van der Waals surface area contributed by atoms with Crippen LogP contribution >= 0.6 is 0 Å². The lowest BCUT2D eigenvalue weighted by atomic mass is 9.78. The molecule has 1 aromatic carbocycles. The van der Waals surface area contributed by atoms with E-state index < -0.39 is 16.7 Å². The largest absolute Gasteiger partial charge is 0.419 e. The lowest BCUT2D eigenvalue weighted by Crippen LogP contribution is -2.40. The molecule has 1 aliphatic heterocycles. The Kier molecular flexibility index (Phi) is 2.64. The minimum Gasteiger partial charge on any atom is -0.413 e. The van der Waals surface area contributed by atoms with E-state index in [2.05, 4.69) is 4.98 Å². The number of ether oxygens (including phenoxy) is 1. The lowest BCUT2D eigenvalue weighted by Gasteiger charge is -2.33. The Bertz CT molecular complexity index is 716. The molecule has 1 aromatic heterocycles. The van der Waals surface area contributed by atoms with Crippen LogP contribution in [0.25, 0.3) is 0 Å². The van der Waals surface area contributed by atoms with Crippen LogP contribution in [0, 0.1) is 0 Å². The quantitative estimate of drug-likeness (QED) is 0.834. The van der Waals surface area contributed by atoms with Crippen molar-refractivity contribution in [2.24, 2.45) is 0 Å². The van der Waals surface area contributed by atoms with Crippen molar-refractivity contribution in [1.82, 2.24) is 4.98 Å². The van der Waals surface area contributed by atoms with Crippen molar-refractivity contribution in [3.63, 3.8) is 0 Å². The van der Waals surface area contributed by atoms with Crippen molar-refractivity contribution in [2.45, 2.75) is 18.9 Å². The zero-order valence-corrected chi connectivity index (χ0v) is 10.4. The van der Waals surface area contributed by atoms with Gasteiger partial charge in [0.1, 0.15) is 5.76 Å². The molecule has 2 heterocycles. The number of aromatic amines is 1. The summed E-state index contributed by atoms with van der Waals surface area (Å²) in [5.41, 5.74) is 0.275. The molecule has 0 spiro atoms. The third kappa shape index (κ3) is 1.82. The first-order chi connectivity index (χ1) is 9.11. The van der Waals surface area contributed by atoms with E-state index in [4.69, 9.17) is 9.15 Å². The van der Waals surface area contributed by atoms with E-state index in [-0.39, 0.29) is 6.61 Å². The van der Waals surface area contributed by atoms with Gasteiger partial charge in [0.25, 0.3) is 5.56 Å². The van der Waals surface area contributed by atoms with Crippen LogP contribution in [0.2, 0.25) is 0 Å². The summed E-state index contributed by atoms with van der Waals surface area (Å²) in [5.74, 6) is -0.327. The Hall–Kier alpha value is -2.14. The Morgan fingerprint density at radius 3 is 2.68 bits per heavy atom. The maximum Gasteiger partial charge on any atom is 0.419 e. The van der Waals surface area contributed by atoms with Gasteiger partial charge in [0, 0.05) is 0 Å². The SMILES string of the molecule is CC1(c2ccccc2)COCc2c1oc(=O)[nH]c2=O. The van der Waals surface area contributed by atoms with Crippen molar-refractivity contribution in [1.29, 1.82) is 0 Å². The van der Waals surface area contributed by atoms with E-state index in [1.807, 2.05) is 37.3 Å². The van der Waals surface area contributed by atoms with Crippen LogP contribution in [-0.2, 0) is 16.8 Å². The molecule has 19 heavy (non-hydrogen) atoms. The zero-order chi connectivity index (χ0) is 13.5. The van der Waals surface area contributed by atoms with Gasteiger partial charge in [-0.05, 0) is 12.5 Å². The molecule has 0 saturated carbocycles. The van der Waals surface area contributed by atoms with E-state index in [1.54, 1.807) is 0 Å². The molecule has 0 fully saturated rings. The van der Waals surface area contributed by atoms with Gasteiger partial charge in [0.15, 0.2) is 0 Å². The standard InChI is InChI=1S/C14H13NO4/c1-14(9-5-3-2-4-6-9)8-18-7-10-11(14)19-13(17)15-12(10)16/h2-6H,7-8H2,1H3,(H,15,16,17). The van der Waals surface area contributed by atoms with E-state index in [0.717, 1.165) is 5.56 Å².